The molecule has 4 nitrogen and oxygen atoms in total. The maximum absolute atomic E-state index is 13.8. The van der Waals surface area contributed by atoms with E-state index in [9.17, 15) is 23.5 Å². The van der Waals surface area contributed by atoms with Crippen LogP contribution in [0.4, 0.5) is 8.78 Å². The van der Waals surface area contributed by atoms with E-state index in [4.69, 9.17) is 0 Å². The van der Waals surface area contributed by atoms with Gasteiger partial charge in [0.1, 0.15) is 6.04 Å². The van der Waals surface area contributed by atoms with Crippen LogP contribution in [0.25, 0.3) is 11.1 Å². The molecule has 3 aromatic carbocycles. The van der Waals surface area contributed by atoms with Crippen molar-refractivity contribution in [2.75, 3.05) is 0 Å². The van der Waals surface area contributed by atoms with Crippen LogP contribution >= 0.6 is 0 Å². The van der Waals surface area contributed by atoms with Crippen LogP contribution < -0.4 is 5.32 Å². The minimum absolute atomic E-state index is 0.00702. The van der Waals surface area contributed by atoms with E-state index >= 15 is 0 Å². The van der Waals surface area contributed by atoms with Crippen molar-refractivity contribution < 1.29 is 23.5 Å². The summed E-state index contributed by atoms with van der Waals surface area (Å²) in [4.78, 5) is 23.7. The first kappa shape index (κ1) is 19.2. The van der Waals surface area contributed by atoms with Crippen molar-refractivity contribution >= 4 is 11.9 Å². The highest BCUT2D eigenvalue weighted by atomic mass is 19.2. The highest BCUT2D eigenvalue weighted by Crippen LogP contribution is 2.20. The zero-order chi connectivity index (χ0) is 20.1. The van der Waals surface area contributed by atoms with Gasteiger partial charge >= 0.3 is 5.97 Å². The van der Waals surface area contributed by atoms with Crippen LogP contribution in [-0.2, 0) is 11.2 Å². The van der Waals surface area contributed by atoms with Crippen molar-refractivity contribution in [1.29, 1.82) is 0 Å². The van der Waals surface area contributed by atoms with E-state index in [1.165, 1.54) is 6.07 Å². The summed E-state index contributed by atoms with van der Waals surface area (Å²) in [6, 6.07) is 18.8. The van der Waals surface area contributed by atoms with Gasteiger partial charge in [0.25, 0.3) is 5.91 Å². The summed E-state index contributed by atoms with van der Waals surface area (Å²) in [7, 11) is 0. The monoisotopic (exact) mass is 381 g/mol. The van der Waals surface area contributed by atoms with E-state index in [1.807, 2.05) is 42.5 Å². The average molecular weight is 381 g/mol. The molecule has 2 N–H and O–H groups in total. The number of amides is 1. The number of carbonyl (C=O) groups is 2. The fraction of sp³-hybridized carbons (Fsp3) is 0.0909. The lowest BCUT2D eigenvalue weighted by Gasteiger charge is -2.15. The second-order valence-electron chi connectivity index (χ2n) is 6.23. The molecule has 0 fully saturated rings. The molecule has 3 aromatic rings. The standard InChI is InChI=1S/C22H17F2NO3/c23-18-8-4-7-17(20(18)24)21(26)25-19(22(27)28)13-14-9-11-16(12-10-14)15-5-2-1-3-6-15/h1-12,19H,13H2,(H,25,26)(H,27,28)/t19-/m0/s1. The molecule has 0 aromatic heterocycles. The number of carboxylic acids is 1. The molecular formula is C22H17F2NO3. The molecule has 0 aliphatic carbocycles. The molecule has 0 spiro atoms. The Kier molecular flexibility index (Phi) is 5.79. The van der Waals surface area contributed by atoms with Gasteiger partial charge in [0.05, 0.1) is 5.56 Å². The van der Waals surface area contributed by atoms with E-state index in [-0.39, 0.29) is 6.42 Å². The molecule has 0 saturated carbocycles. The smallest absolute Gasteiger partial charge is 0.326 e. The number of hydrogen-bond acceptors (Lipinski definition) is 2. The Balaban J connectivity index is 1.74. The second-order valence-corrected chi connectivity index (χ2v) is 6.23. The van der Waals surface area contributed by atoms with Gasteiger partial charge in [0.2, 0.25) is 0 Å². The molecule has 1 atom stereocenters. The Morgan fingerprint density at radius 2 is 1.50 bits per heavy atom. The fourth-order valence-electron chi connectivity index (χ4n) is 2.81. The molecule has 0 bridgehead atoms. The summed E-state index contributed by atoms with van der Waals surface area (Å²) < 4.78 is 27.0. The molecule has 0 aliphatic rings. The van der Waals surface area contributed by atoms with Gasteiger partial charge in [-0.3, -0.25) is 4.79 Å². The van der Waals surface area contributed by atoms with E-state index in [0.29, 0.717) is 5.56 Å². The normalized spacial score (nSPS) is 11.6. The highest BCUT2D eigenvalue weighted by molar-refractivity contribution is 5.96. The minimum atomic E-state index is -1.31. The summed E-state index contributed by atoms with van der Waals surface area (Å²) in [5.41, 5.74) is 2.15. The molecule has 3 rings (SSSR count). The van der Waals surface area contributed by atoms with Crippen molar-refractivity contribution in [2.45, 2.75) is 12.5 Å². The third-order valence-electron chi connectivity index (χ3n) is 4.30. The first-order valence-electron chi connectivity index (χ1n) is 8.58. The Hall–Kier alpha value is -3.54. The van der Waals surface area contributed by atoms with Gasteiger partial charge in [0, 0.05) is 6.42 Å². The zero-order valence-corrected chi connectivity index (χ0v) is 14.7. The van der Waals surface area contributed by atoms with Crippen LogP contribution in [0.1, 0.15) is 15.9 Å². The maximum Gasteiger partial charge on any atom is 0.326 e. The molecular weight excluding hydrogens is 364 g/mol. The highest BCUT2D eigenvalue weighted by Gasteiger charge is 2.23. The van der Waals surface area contributed by atoms with Crippen LogP contribution in [0.15, 0.2) is 72.8 Å². The van der Waals surface area contributed by atoms with Crippen molar-refractivity contribution in [3.63, 3.8) is 0 Å². The second kappa shape index (κ2) is 8.43. The molecule has 28 heavy (non-hydrogen) atoms. The fourth-order valence-corrected chi connectivity index (χ4v) is 2.81. The number of halogens is 2. The van der Waals surface area contributed by atoms with Crippen LogP contribution in [0, 0.1) is 11.6 Å². The SMILES string of the molecule is O=C(N[C@@H](Cc1ccc(-c2ccccc2)cc1)C(=O)O)c1cccc(F)c1F. The van der Waals surface area contributed by atoms with Crippen LogP contribution in [0.3, 0.4) is 0 Å². The summed E-state index contributed by atoms with van der Waals surface area (Å²) in [5, 5.41) is 11.7. The summed E-state index contributed by atoms with van der Waals surface area (Å²) in [5.74, 6) is -4.73. The van der Waals surface area contributed by atoms with Gasteiger partial charge in [0.15, 0.2) is 11.6 Å². The van der Waals surface area contributed by atoms with E-state index in [1.54, 1.807) is 12.1 Å². The van der Waals surface area contributed by atoms with Crippen molar-refractivity contribution in [3.8, 4) is 11.1 Å². The predicted molar refractivity (Wildman–Crippen MR) is 101 cm³/mol. The topological polar surface area (TPSA) is 66.4 Å². The average Bonchev–Trinajstić information content (AvgIpc) is 2.70. The summed E-state index contributed by atoms with van der Waals surface area (Å²) in [6.45, 7) is 0. The molecule has 0 saturated heterocycles. The number of benzene rings is 3. The first-order valence-corrected chi connectivity index (χ1v) is 8.58. The molecule has 0 heterocycles. The maximum atomic E-state index is 13.8. The van der Waals surface area contributed by atoms with Crippen LogP contribution in [-0.4, -0.2) is 23.0 Å². The molecule has 1 amide bonds. The third kappa shape index (κ3) is 4.40. The Labute approximate surface area is 160 Å². The lowest BCUT2D eigenvalue weighted by atomic mass is 10.0. The lowest BCUT2D eigenvalue weighted by molar-refractivity contribution is -0.139. The van der Waals surface area contributed by atoms with Gasteiger partial charge in [-0.25, -0.2) is 13.6 Å². The Morgan fingerprint density at radius 3 is 2.14 bits per heavy atom. The van der Waals surface area contributed by atoms with Crippen molar-refractivity contribution in [2.24, 2.45) is 0 Å². The number of carboxylic acid groups (broad SMARTS) is 1. The van der Waals surface area contributed by atoms with Gasteiger partial charge in [-0.1, -0.05) is 60.7 Å². The Morgan fingerprint density at radius 1 is 0.857 bits per heavy atom. The molecule has 6 heteroatoms. The Bertz CT molecular complexity index is 988. The van der Waals surface area contributed by atoms with Gasteiger partial charge < -0.3 is 10.4 Å². The molecule has 0 unspecified atom stereocenters. The van der Waals surface area contributed by atoms with Crippen LogP contribution in [0.5, 0.6) is 0 Å². The quantitative estimate of drug-likeness (QED) is 0.677. The van der Waals surface area contributed by atoms with E-state index in [2.05, 4.69) is 5.32 Å². The largest absolute Gasteiger partial charge is 0.480 e. The first-order chi connectivity index (χ1) is 13.5. The number of nitrogens with one attached hydrogen (secondary N) is 1. The van der Waals surface area contributed by atoms with Crippen LogP contribution in [0.2, 0.25) is 0 Å². The van der Waals surface area contributed by atoms with E-state index in [0.717, 1.165) is 23.3 Å². The minimum Gasteiger partial charge on any atom is -0.480 e. The number of hydrogen-bond donors (Lipinski definition) is 2. The van der Waals surface area contributed by atoms with Gasteiger partial charge in [-0.2, -0.15) is 0 Å². The third-order valence-corrected chi connectivity index (χ3v) is 4.30. The molecule has 0 radical (unpaired) electrons. The molecule has 0 aliphatic heterocycles. The zero-order valence-electron chi connectivity index (χ0n) is 14.7. The van der Waals surface area contributed by atoms with Crippen molar-refractivity contribution in [3.05, 3.63) is 95.6 Å². The van der Waals surface area contributed by atoms with E-state index < -0.39 is 35.1 Å². The van der Waals surface area contributed by atoms with Gasteiger partial charge in [-0.15, -0.1) is 0 Å². The number of carbonyl (C=O) groups excluding carboxylic acids is 1. The lowest BCUT2D eigenvalue weighted by Crippen LogP contribution is -2.42. The number of aliphatic carboxylic acids is 1. The molecule has 142 valence electrons. The summed E-state index contributed by atoms with van der Waals surface area (Å²) >= 11 is 0. The summed E-state index contributed by atoms with van der Waals surface area (Å²) in [6.07, 6.45) is 0.00702. The predicted octanol–water partition coefficient (Wildman–Crippen LogP) is 4.06. The van der Waals surface area contributed by atoms with Crippen molar-refractivity contribution in [1.82, 2.24) is 5.32 Å². The van der Waals surface area contributed by atoms with Gasteiger partial charge in [-0.05, 0) is 28.8 Å². The number of rotatable bonds is 6.